The second kappa shape index (κ2) is 5.68. The lowest BCUT2D eigenvalue weighted by Crippen LogP contribution is -2.35. The molecule has 0 radical (unpaired) electrons. The molecule has 1 aromatic heterocycles. The van der Waals surface area contributed by atoms with E-state index in [0.29, 0.717) is 25.0 Å². The van der Waals surface area contributed by atoms with Crippen LogP contribution in [0.1, 0.15) is 32.1 Å². The first-order chi connectivity index (χ1) is 11.2. The first-order valence-corrected chi connectivity index (χ1v) is 8.26. The minimum atomic E-state index is -0.281. The molecular formula is C17H20N4O2. The summed E-state index contributed by atoms with van der Waals surface area (Å²) in [7, 11) is 0. The van der Waals surface area contributed by atoms with Crippen LogP contribution in [0.4, 0.5) is 5.95 Å². The number of likely N-dealkylation sites (tertiary alicyclic amines) is 1. The van der Waals surface area contributed by atoms with Gasteiger partial charge >= 0.3 is 0 Å². The largest absolute Gasteiger partial charge is 0.339 e. The Morgan fingerprint density at radius 3 is 2.83 bits per heavy atom. The van der Waals surface area contributed by atoms with Crippen LogP contribution in [0.2, 0.25) is 0 Å². The van der Waals surface area contributed by atoms with E-state index in [1.165, 1.54) is 12.8 Å². The summed E-state index contributed by atoms with van der Waals surface area (Å²) in [5.74, 6) is 0.152. The number of carbonyl (C=O) groups excluding carboxylic acids is 2. The van der Waals surface area contributed by atoms with Crippen molar-refractivity contribution in [3.05, 3.63) is 24.3 Å². The third-order valence-electron chi connectivity index (χ3n) is 4.93. The van der Waals surface area contributed by atoms with Gasteiger partial charge in [0, 0.05) is 19.0 Å². The van der Waals surface area contributed by atoms with Gasteiger partial charge in [-0.1, -0.05) is 25.0 Å². The van der Waals surface area contributed by atoms with Gasteiger partial charge in [-0.05, 0) is 25.0 Å². The first kappa shape index (κ1) is 14.2. The molecule has 2 aliphatic rings. The number of fused-ring (bicyclic) bond motifs is 1. The quantitative estimate of drug-likeness (QED) is 0.913. The van der Waals surface area contributed by atoms with Gasteiger partial charge in [0.05, 0.1) is 17.0 Å². The number of imidazole rings is 1. The summed E-state index contributed by atoms with van der Waals surface area (Å²) in [6.45, 7) is 0.537. The number of rotatable bonds is 3. The van der Waals surface area contributed by atoms with Gasteiger partial charge in [0.15, 0.2) is 0 Å². The highest BCUT2D eigenvalue weighted by atomic mass is 16.2. The number of nitrogens with one attached hydrogen (secondary N) is 2. The maximum Gasteiger partial charge on any atom is 0.232 e. The lowest BCUT2D eigenvalue weighted by molar-refractivity contribution is -0.129. The molecule has 1 atom stereocenters. The highest BCUT2D eigenvalue weighted by molar-refractivity contribution is 5.97. The van der Waals surface area contributed by atoms with Gasteiger partial charge in [-0.2, -0.15) is 0 Å². The Bertz CT molecular complexity index is 715. The molecular weight excluding hydrogens is 292 g/mol. The number of hydrogen-bond donors (Lipinski definition) is 2. The molecule has 2 amide bonds. The number of aromatic amines is 1. The normalized spacial score (nSPS) is 22.2. The van der Waals surface area contributed by atoms with E-state index in [4.69, 9.17) is 0 Å². The molecule has 23 heavy (non-hydrogen) atoms. The van der Waals surface area contributed by atoms with E-state index in [0.717, 1.165) is 23.9 Å². The van der Waals surface area contributed by atoms with Gasteiger partial charge in [0.1, 0.15) is 0 Å². The van der Waals surface area contributed by atoms with Crippen LogP contribution in [-0.4, -0.2) is 39.3 Å². The average Bonchev–Trinajstić information content (AvgIpc) is 3.24. The molecule has 1 aliphatic carbocycles. The Hall–Kier alpha value is -2.37. The smallest absolute Gasteiger partial charge is 0.232 e. The van der Waals surface area contributed by atoms with Crippen LogP contribution < -0.4 is 5.32 Å². The zero-order chi connectivity index (χ0) is 15.8. The van der Waals surface area contributed by atoms with Crippen LogP contribution >= 0.6 is 0 Å². The number of hydrogen-bond acceptors (Lipinski definition) is 3. The number of H-pyrrole nitrogens is 1. The molecule has 6 heteroatoms. The van der Waals surface area contributed by atoms with Crippen molar-refractivity contribution in [2.75, 3.05) is 11.9 Å². The summed E-state index contributed by atoms with van der Waals surface area (Å²) < 4.78 is 0. The van der Waals surface area contributed by atoms with Crippen molar-refractivity contribution in [2.24, 2.45) is 5.92 Å². The molecule has 0 bridgehead atoms. The lowest BCUT2D eigenvalue weighted by Gasteiger charge is -2.23. The number of anilines is 1. The Labute approximate surface area is 134 Å². The fraction of sp³-hybridized carbons (Fsp3) is 0.471. The Morgan fingerprint density at radius 1 is 1.26 bits per heavy atom. The Kier molecular flexibility index (Phi) is 3.52. The summed E-state index contributed by atoms with van der Waals surface area (Å²) in [4.78, 5) is 34.0. The fourth-order valence-electron chi connectivity index (χ4n) is 3.71. The third kappa shape index (κ3) is 2.69. The van der Waals surface area contributed by atoms with Crippen molar-refractivity contribution in [1.82, 2.24) is 14.9 Å². The van der Waals surface area contributed by atoms with Crippen LogP contribution in [0.15, 0.2) is 24.3 Å². The second-order valence-electron chi connectivity index (χ2n) is 6.48. The summed E-state index contributed by atoms with van der Waals surface area (Å²) in [6.07, 6.45) is 4.82. The van der Waals surface area contributed by atoms with Crippen LogP contribution in [0, 0.1) is 5.92 Å². The third-order valence-corrected chi connectivity index (χ3v) is 4.93. The van der Waals surface area contributed by atoms with Gasteiger partial charge in [0.2, 0.25) is 17.8 Å². The number of carbonyl (C=O) groups is 2. The predicted molar refractivity (Wildman–Crippen MR) is 86.8 cm³/mol. The summed E-state index contributed by atoms with van der Waals surface area (Å²) >= 11 is 0. The average molecular weight is 312 g/mol. The SMILES string of the molecule is O=C(Nc1nc2ccccc2[nH]1)[C@@H]1CC(=O)N(C2CCCC2)C1. The molecule has 0 spiro atoms. The summed E-state index contributed by atoms with van der Waals surface area (Å²) in [6, 6.07) is 7.97. The van der Waals surface area contributed by atoms with E-state index in [2.05, 4.69) is 15.3 Å². The van der Waals surface area contributed by atoms with Gasteiger partial charge in [0.25, 0.3) is 0 Å². The minimum Gasteiger partial charge on any atom is -0.339 e. The molecule has 1 aliphatic heterocycles. The topological polar surface area (TPSA) is 78.1 Å². The number of para-hydroxylation sites is 2. The summed E-state index contributed by atoms with van der Waals surface area (Å²) in [5.41, 5.74) is 1.70. The molecule has 2 aromatic rings. The maximum atomic E-state index is 12.4. The Morgan fingerprint density at radius 2 is 2.04 bits per heavy atom. The van der Waals surface area contributed by atoms with Crippen molar-refractivity contribution in [3.63, 3.8) is 0 Å². The molecule has 2 fully saturated rings. The molecule has 2 N–H and O–H groups in total. The number of aromatic nitrogens is 2. The van der Waals surface area contributed by atoms with E-state index in [9.17, 15) is 9.59 Å². The van der Waals surface area contributed by atoms with Crippen molar-refractivity contribution in [2.45, 2.75) is 38.1 Å². The zero-order valence-electron chi connectivity index (χ0n) is 12.9. The minimum absolute atomic E-state index is 0.113. The fourth-order valence-corrected chi connectivity index (χ4v) is 3.71. The molecule has 1 aromatic carbocycles. The highest BCUT2D eigenvalue weighted by Crippen LogP contribution is 2.29. The molecule has 1 saturated heterocycles. The van der Waals surface area contributed by atoms with Crippen LogP contribution in [0.5, 0.6) is 0 Å². The molecule has 1 saturated carbocycles. The van der Waals surface area contributed by atoms with Gasteiger partial charge in [-0.25, -0.2) is 4.98 Å². The van der Waals surface area contributed by atoms with Crippen LogP contribution in [0.25, 0.3) is 11.0 Å². The van der Waals surface area contributed by atoms with E-state index < -0.39 is 0 Å². The standard InChI is InChI=1S/C17H20N4O2/c22-15-9-11(10-21(15)12-5-1-2-6-12)16(23)20-17-18-13-7-3-4-8-14(13)19-17/h3-4,7-8,11-12H,1-2,5-6,9-10H2,(H2,18,19,20,23)/t11-/m1/s1. The number of benzene rings is 1. The molecule has 0 unspecified atom stereocenters. The second-order valence-corrected chi connectivity index (χ2v) is 6.48. The van der Waals surface area contributed by atoms with Crippen molar-refractivity contribution >= 4 is 28.8 Å². The van der Waals surface area contributed by atoms with Crippen molar-refractivity contribution < 1.29 is 9.59 Å². The van der Waals surface area contributed by atoms with E-state index >= 15 is 0 Å². The van der Waals surface area contributed by atoms with E-state index in [1.807, 2.05) is 29.2 Å². The predicted octanol–water partition coefficient (Wildman–Crippen LogP) is 2.29. The summed E-state index contributed by atoms with van der Waals surface area (Å²) in [5, 5.41) is 2.82. The van der Waals surface area contributed by atoms with Gasteiger partial charge in [-0.15, -0.1) is 0 Å². The van der Waals surface area contributed by atoms with Gasteiger partial charge < -0.3 is 9.88 Å². The van der Waals surface area contributed by atoms with E-state index in [1.54, 1.807) is 0 Å². The molecule has 4 rings (SSSR count). The lowest BCUT2D eigenvalue weighted by atomic mass is 10.1. The molecule has 2 heterocycles. The zero-order valence-corrected chi connectivity index (χ0v) is 12.9. The maximum absolute atomic E-state index is 12.4. The van der Waals surface area contributed by atoms with Crippen molar-refractivity contribution in [3.8, 4) is 0 Å². The first-order valence-electron chi connectivity index (χ1n) is 8.26. The number of nitrogens with zero attached hydrogens (tertiary/aromatic N) is 2. The van der Waals surface area contributed by atoms with Gasteiger partial charge in [-0.3, -0.25) is 14.9 Å². The monoisotopic (exact) mass is 312 g/mol. The van der Waals surface area contributed by atoms with Crippen molar-refractivity contribution in [1.29, 1.82) is 0 Å². The molecule has 6 nitrogen and oxygen atoms in total. The highest BCUT2D eigenvalue weighted by Gasteiger charge is 2.38. The Balaban J connectivity index is 1.44. The van der Waals surface area contributed by atoms with Crippen LogP contribution in [-0.2, 0) is 9.59 Å². The van der Waals surface area contributed by atoms with Crippen LogP contribution in [0.3, 0.4) is 0 Å². The van der Waals surface area contributed by atoms with E-state index in [-0.39, 0.29) is 17.7 Å². The number of amides is 2. The molecule has 120 valence electrons.